The van der Waals surface area contributed by atoms with Gasteiger partial charge in [0, 0.05) is 25.7 Å². The molecular formula is C75H146O17P2. The first-order chi connectivity index (χ1) is 45.3. The largest absolute Gasteiger partial charge is 0.472 e. The number of phosphoric acid groups is 2. The van der Waals surface area contributed by atoms with E-state index in [-0.39, 0.29) is 25.7 Å². The van der Waals surface area contributed by atoms with Gasteiger partial charge in [-0.15, -0.1) is 0 Å². The topological polar surface area (TPSA) is 237 Å². The van der Waals surface area contributed by atoms with Crippen LogP contribution < -0.4 is 0 Å². The lowest BCUT2D eigenvalue weighted by atomic mass is 9.99. The van der Waals surface area contributed by atoms with Crippen molar-refractivity contribution in [2.24, 2.45) is 17.8 Å². The van der Waals surface area contributed by atoms with Gasteiger partial charge in [0.05, 0.1) is 26.4 Å². The number of esters is 4. The number of aliphatic hydroxyl groups is 1. The highest BCUT2D eigenvalue weighted by Crippen LogP contribution is 2.45. The van der Waals surface area contributed by atoms with E-state index in [1.807, 2.05) is 0 Å². The molecule has 0 saturated heterocycles. The van der Waals surface area contributed by atoms with E-state index < -0.39 is 97.5 Å². The summed E-state index contributed by atoms with van der Waals surface area (Å²) >= 11 is 0. The second-order valence-electron chi connectivity index (χ2n) is 28.0. The van der Waals surface area contributed by atoms with E-state index in [1.165, 1.54) is 186 Å². The number of hydrogen-bond donors (Lipinski definition) is 3. The minimum atomic E-state index is -4.96. The molecule has 0 radical (unpaired) electrons. The zero-order valence-corrected chi connectivity index (χ0v) is 63.2. The maximum atomic E-state index is 13.1. The molecule has 3 N–H and O–H groups in total. The normalized spacial score (nSPS) is 14.7. The van der Waals surface area contributed by atoms with Crippen LogP contribution in [0.5, 0.6) is 0 Å². The summed E-state index contributed by atoms with van der Waals surface area (Å²) in [6.45, 7) is 11.9. The SMILES string of the molecule is CCCCCCCCCCCCCCCC(=O)O[C@H](COC(=O)CCCCCCCCC(C)CC)COP(=O)(O)OC[C@H](O)COP(=O)(O)OC[C@@H](COC(=O)CCCCCCCCCCCCC(C)C)OC(=O)CCCCCCCCCCCCCCCCC(C)CC. The zero-order valence-electron chi connectivity index (χ0n) is 61.4. The van der Waals surface area contributed by atoms with E-state index in [4.69, 9.17) is 37.0 Å². The van der Waals surface area contributed by atoms with Gasteiger partial charge in [-0.3, -0.25) is 37.3 Å². The van der Waals surface area contributed by atoms with Gasteiger partial charge in [0.2, 0.25) is 0 Å². The van der Waals surface area contributed by atoms with Crippen molar-refractivity contribution in [1.82, 2.24) is 0 Å². The Morgan fingerprint density at radius 3 is 0.809 bits per heavy atom. The summed E-state index contributed by atoms with van der Waals surface area (Å²) in [4.78, 5) is 72.8. The molecule has 0 fully saturated rings. The second kappa shape index (κ2) is 65.7. The highest BCUT2D eigenvalue weighted by Gasteiger charge is 2.30. The predicted octanol–water partition coefficient (Wildman–Crippen LogP) is 21.8. The Kier molecular flexibility index (Phi) is 64.3. The smallest absolute Gasteiger partial charge is 0.462 e. The van der Waals surface area contributed by atoms with Gasteiger partial charge in [-0.2, -0.15) is 0 Å². The number of aliphatic hydroxyl groups excluding tert-OH is 1. The number of phosphoric ester groups is 2. The summed E-state index contributed by atoms with van der Waals surface area (Å²) in [6, 6.07) is 0. The fraction of sp³-hybridized carbons (Fsp3) is 0.947. The summed E-state index contributed by atoms with van der Waals surface area (Å²) in [5.41, 5.74) is 0. The number of ether oxygens (including phenoxy) is 4. The molecule has 0 aliphatic carbocycles. The van der Waals surface area contributed by atoms with Crippen LogP contribution in [0.2, 0.25) is 0 Å². The van der Waals surface area contributed by atoms with E-state index in [0.29, 0.717) is 25.7 Å². The average molecular weight is 1380 g/mol. The van der Waals surface area contributed by atoms with Crippen molar-refractivity contribution in [1.29, 1.82) is 0 Å². The predicted molar refractivity (Wildman–Crippen MR) is 381 cm³/mol. The van der Waals surface area contributed by atoms with Crippen LogP contribution in [0.1, 0.15) is 382 Å². The number of unbranched alkanes of at least 4 members (excludes halogenated alkanes) is 39. The van der Waals surface area contributed by atoms with Crippen molar-refractivity contribution >= 4 is 39.5 Å². The zero-order chi connectivity index (χ0) is 69.4. The molecule has 0 aromatic rings. The second-order valence-corrected chi connectivity index (χ2v) is 30.9. The molecule has 7 atom stereocenters. The van der Waals surface area contributed by atoms with E-state index in [0.717, 1.165) is 114 Å². The fourth-order valence-corrected chi connectivity index (χ4v) is 12.9. The maximum Gasteiger partial charge on any atom is 0.472 e. The Labute approximate surface area is 575 Å². The molecule has 558 valence electrons. The molecule has 0 spiro atoms. The van der Waals surface area contributed by atoms with Gasteiger partial charge in [0.25, 0.3) is 0 Å². The quantitative estimate of drug-likeness (QED) is 0.0222. The summed E-state index contributed by atoms with van der Waals surface area (Å²) in [5, 5.41) is 10.6. The third-order valence-electron chi connectivity index (χ3n) is 18.1. The molecule has 0 bridgehead atoms. The Bertz CT molecular complexity index is 1840. The summed E-state index contributed by atoms with van der Waals surface area (Å²) in [6.07, 6.45) is 51.2. The van der Waals surface area contributed by atoms with Crippen LogP contribution in [0.25, 0.3) is 0 Å². The van der Waals surface area contributed by atoms with Crippen LogP contribution in [-0.2, 0) is 65.4 Å². The molecule has 0 saturated carbocycles. The molecule has 0 heterocycles. The lowest BCUT2D eigenvalue weighted by Gasteiger charge is -2.21. The molecule has 0 amide bonds. The average Bonchev–Trinajstić information content (AvgIpc) is 1.56. The van der Waals surface area contributed by atoms with Gasteiger partial charge in [-0.1, -0.05) is 331 Å². The van der Waals surface area contributed by atoms with Crippen molar-refractivity contribution in [3.05, 3.63) is 0 Å². The van der Waals surface area contributed by atoms with Crippen molar-refractivity contribution in [2.45, 2.75) is 401 Å². The third-order valence-corrected chi connectivity index (χ3v) is 20.0. The molecular weight excluding hydrogens is 1230 g/mol. The first-order valence-corrected chi connectivity index (χ1v) is 41.9. The van der Waals surface area contributed by atoms with Gasteiger partial charge in [-0.05, 0) is 43.4 Å². The molecule has 0 aliphatic rings. The third kappa shape index (κ3) is 66.0. The number of carbonyl (C=O) groups excluding carboxylic acids is 4. The highest BCUT2D eigenvalue weighted by molar-refractivity contribution is 7.47. The van der Waals surface area contributed by atoms with E-state index in [1.54, 1.807) is 0 Å². The van der Waals surface area contributed by atoms with Gasteiger partial charge >= 0.3 is 39.5 Å². The van der Waals surface area contributed by atoms with Crippen LogP contribution in [0, 0.1) is 17.8 Å². The molecule has 0 aromatic carbocycles. The van der Waals surface area contributed by atoms with Crippen LogP contribution in [0.3, 0.4) is 0 Å². The van der Waals surface area contributed by atoms with Crippen LogP contribution in [0.4, 0.5) is 0 Å². The van der Waals surface area contributed by atoms with Crippen molar-refractivity contribution in [2.75, 3.05) is 39.6 Å². The first-order valence-electron chi connectivity index (χ1n) is 38.9. The van der Waals surface area contributed by atoms with Crippen LogP contribution in [0.15, 0.2) is 0 Å². The molecule has 4 unspecified atom stereocenters. The van der Waals surface area contributed by atoms with Gasteiger partial charge in [0.15, 0.2) is 12.2 Å². The molecule has 0 aromatic heterocycles. The monoisotopic (exact) mass is 1380 g/mol. The molecule has 19 heteroatoms. The van der Waals surface area contributed by atoms with Gasteiger partial charge in [0.1, 0.15) is 19.3 Å². The number of carbonyl (C=O) groups is 4. The summed E-state index contributed by atoms with van der Waals surface area (Å²) in [7, 11) is -9.91. The van der Waals surface area contributed by atoms with Gasteiger partial charge in [-0.25, -0.2) is 9.13 Å². The molecule has 94 heavy (non-hydrogen) atoms. The molecule has 17 nitrogen and oxygen atoms in total. The lowest BCUT2D eigenvalue weighted by molar-refractivity contribution is -0.161. The fourth-order valence-electron chi connectivity index (χ4n) is 11.4. The van der Waals surface area contributed by atoms with Crippen molar-refractivity contribution in [3.8, 4) is 0 Å². The van der Waals surface area contributed by atoms with Crippen LogP contribution in [-0.4, -0.2) is 96.7 Å². The summed E-state index contributed by atoms with van der Waals surface area (Å²) < 4.78 is 68.5. The highest BCUT2D eigenvalue weighted by atomic mass is 31.2. The van der Waals surface area contributed by atoms with E-state index in [9.17, 15) is 43.2 Å². The lowest BCUT2D eigenvalue weighted by Crippen LogP contribution is -2.30. The van der Waals surface area contributed by atoms with Gasteiger partial charge < -0.3 is 33.8 Å². The maximum absolute atomic E-state index is 13.1. The first kappa shape index (κ1) is 92.1. The van der Waals surface area contributed by atoms with E-state index in [2.05, 4.69) is 48.5 Å². The van der Waals surface area contributed by atoms with Crippen molar-refractivity contribution in [3.63, 3.8) is 0 Å². The Hall–Kier alpha value is -1.94. The molecule has 0 rings (SSSR count). The standard InChI is InChI=1S/C75H146O17P2/c1-8-11-12-13-14-15-16-19-23-30-35-44-51-58-75(80)92-71(63-86-73(78)57-50-43-38-37-41-48-55-68(7)10-3)65-90-94(83,84)88-61-69(76)60-87-93(81,82)89-64-70(62-85-72(77)56-49-42-34-29-26-25-27-32-39-46-53-66(4)5)91-74(79)59-52-45-36-31-24-21-18-17-20-22-28-33-40-47-54-67(6)9-2/h66-71,76H,8-65H2,1-7H3,(H,81,82)(H,83,84)/t67?,68?,69-,70-,71-/m1/s1. The van der Waals surface area contributed by atoms with Crippen molar-refractivity contribution < 1.29 is 80.2 Å². The van der Waals surface area contributed by atoms with E-state index >= 15 is 0 Å². The summed E-state index contributed by atoms with van der Waals surface area (Å²) in [5.74, 6) is 0.216. The Balaban J connectivity index is 5.25. The minimum Gasteiger partial charge on any atom is -0.462 e. The minimum absolute atomic E-state index is 0.106. The number of hydrogen-bond acceptors (Lipinski definition) is 15. The Morgan fingerprint density at radius 2 is 0.543 bits per heavy atom. The number of rotatable bonds is 73. The Morgan fingerprint density at radius 1 is 0.309 bits per heavy atom. The molecule has 0 aliphatic heterocycles. The van der Waals surface area contributed by atoms with Crippen LogP contribution >= 0.6 is 15.6 Å².